The summed E-state index contributed by atoms with van der Waals surface area (Å²) in [7, 11) is 0. The first-order valence-electron chi connectivity index (χ1n) is 9.27. The molecule has 0 radical (unpaired) electrons. The van der Waals surface area contributed by atoms with Crippen LogP contribution in [0.3, 0.4) is 0 Å². The van der Waals surface area contributed by atoms with E-state index in [0.29, 0.717) is 0 Å². The Kier molecular flexibility index (Phi) is 7.39. The number of hydrogen-bond donors (Lipinski definition) is 0. The lowest BCUT2D eigenvalue weighted by Crippen LogP contribution is -2.50. The van der Waals surface area contributed by atoms with Crippen molar-refractivity contribution in [1.29, 1.82) is 0 Å². The van der Waals surface area contributed by atoms with Crippen LogP contribution >= 0.6 is 23.4 Å². The third kappa shape index (κ3) is 6.13. The molecule has 1 aliphatic heterocycles. The topological polar surface area (TPSA) is 23.6 Å². The Labute approximate surface area is 171 Å². The van der Waals surface area contributed by atoms with E-state index in [-0.39, 0.29) is 11.2 Å². The summed E-state index contributed by atoms with van der Waals surface area (Å²) >= 11 is 7.51. The summed E-state index contributed by atoms with van der Waals surface area (Å²) in [6.45, 7) is 6.34. The van der Waals surface area contributed by atoms with Gasteiger partial charge in [0.15, 0.2) is 0 Å². The van der Waals surface area contributed by atoms with Crippen LogP contribution < -0.4 is 0 Å². The van der Waals surface area contributed by atoms with Gasteiger partial charge in [-0.3, -0.25) is 9.69 Å². The molecule has 0 aromatic heterocycles. The quantitative estimate of drug-likeness (QED) is 0.658. The zero-order chi connectivity index (χ0) is 19.1. The second-order valence-electron chi connectivity index (χ2n) is 6.65. The lowest BCUT2D eigenvalue weighted by atomic mass is 10.2. The molecule has 0 spiro atoms. The fraction of sp³-hybridized carbons (Fsp3) is 0.318. The molecule has 5 heteroatoms. The summed E-state index contributed by atoms with van der Waals surface area (Å²) in [6, 6.07) is 18.0. The van der Waals surface area contributed by atoms with E-state index in [2.05, 4.69) is 29.2 Å². The summed E-state index contributed by atoms with van der Waals surface area (Å²) in [5.74, 6) is 0.217. The summed E-state index contributed by atoms with van der Waals surface area (Å²) in [4.78, 5) is 18.2. The van der Waals surface area contributed by atoms with Gasteiger partial charge in [-0.15, -0.1) is 11.8 Å². The minimum absolute atomic E-state index is 0.0873. The van der Waals surface area contributed by atoms with Gasteiger partial charge < -0.3 is 4.90 Å². The van der Waals surface area contributed by atoms with Crippen molar-refractivity contribution in [3.8, 4) is 0 Å². The predicted octanol–water partition coefficient (Wildman–Crippen LogP) is 4.68. The number of carbonyl (C=O) groups is 1. The van der Waals surface area contributed by atoms with E-state index in [9.17, 15) is 4.79 Å². The Balaban J connectivity index is 1.43. The highest BCUT2D eigenvalue weighted by molar-refractivity contribution is 8.00. The van der Waals surface area contributed by atoms with E-state index in [1.54, 1.807) is 11.8 Å². The van der Waals surface area contributed by atoms with Crippen LogP contribution in [0.5, 0.6) is 0 Å². The largest absolute Gasteiger partial charge is 0.339 e. The number of halogens is 1. The van der Waals surface area contributed by atoms with Crippen LogP contribution in [0.1, 0.15) is 12.5 Å². The number of rotatable bonds is 6. The highest BCUT2D eigenvalue weighted by atomic mass is 35.5. The van der Waals surface area contributed by atoms with Crippen LogP contribution in [-0.4, -0.2) is 53.7 Å². The molecule has 0 N–H and O–H groups in total. The van der Waals surface area contributed by atoms with Crippen LogP contribution in [0.15, 0.2) is 65.6 Å². The molecule has 1 atom stereocenters. The van der Waals surface area contributed by atoms with E-state index in [0.717, 1.165) is 42.6 Å². The maximum atomic E-state index is 12.7. The molecule has 0 unspecified atom stereocenters. The first kappa shape index (κ1) is 20.0. The van der Waals surface area contributed by atoms with Crippen LogP contribution in [0, 0.1) is 0 Å². The van der Waals surface area contributed by atoms with Crippen LogP contribution in [0.2, 0.25) is 5.02 Å². The molecule has 2 aromatic rings. The van der Waals surface area contributed by atoms with Crippen molar-refractivity contribution in [1.82, 2.24) is 9.80 Å². The van der Waals surface area contributed by atoms with Crippen LogP contribution in [0.4, 0.5) is 0 Å². The van der Waals surface area contributed by atoms with Crippen LogP contribution in [0.25, 0.3) is 6.08 Å². The van der Waals surface area contributed by atoms with Crippen molar-refractivity contribution in [2.24, 2.45) is 0 Å². The maximum Gasteiger partial charge on any atom is 0.235 e. The predicted molar refractivity (Wildman–Crippen MR) is 115 cm³/mol. The Bertz CT molecular complexity index is 756. The molecule has 0 saturated carbocycles. The van der Waals surface area contributed by atoms with E-state index in [1.807, 2.05) is 54.3 Å². The van der Waals surface area contributed by atoms with Gasteiger partial charge in [0.2, 0.25) is 5.91 Å². The average molecular weight is 401 g/mol. The lowest BCUT2D eigenvalue weighted by Gasteiger charge is -2.35. The average Bonchev–Trinajstić information content (AvgIpc) is 2.70. The minimum Gasteiger partial charge on any atom is -0.339 e. The maximum absolute atomic E-state index is 12.7. The molecule has 1 fully saturated rings. The third-order valence-corrected chi connectivity index (χ3v) is 5.98. The monoisotopic (exact) mass is 400 g/mol. The summed E-state index contributed by atoms with van der Waals surface area (Å²) in [5, 5.41) is 0.631. The van der Waals surface area contributed by atoms with Crippen molar-refractivity contribution in [2.45, 2.75) is 17.1 Å². The molecule has 0 aliphatic carbocycles. The van der Waals surface area contributed by atoms with Crippen molar-refractivity contribution in [3.63, 3.8) is 0 Å². The molecule has 3 nitrogen and oxygen atoms in total. The fourth-order valence-electron chi connectivity index (χ4n) is 3.08. The second kappa shape index (κ2) is 9.98. The van der Waals surface area contributed by atoms with E-state index in [1.165, 1.54) is 5.56 Å². The van der Waals surface area contributed by atoms with Gasteiger partial charge in [-0.05, 0) is 36.8 Å². The Morgan fingerprint density at radius 2 is 1.74 bits per heavy atom. The number of thioether (sulfide) groups is 1. The van der Waals surface area contributed by atoms with Gasteiger partial charge in [0, 0.05) is 42.6 Å². The van der Waals surface area contributed by atoms with Gasteiger partial charge in [-0.2, -0.15) is 0 Å². The van der Waals surface area contributed by atoms with Crippen LogP contribution in [-0.2, 0) is 4.79 Å². The smallest absolute Gasteiger partial charge is 0.235 e. The highest BCUT2D eigenvalue weighted by Gasteiger charge is 2.25. The van der Waals surface area contributed by atoms with Gasteiger partial charge in [-0.1, -0.05) is 54.1 Å². The van der Waals surface area contributed by atoms with Gasteiger partial charge in [0.25, 0.3) is 0 Å². The van der Waals surface area contributed by atoms with Crippen molar-refractivity contribution in [3.05, 3.63) is 71.3 Å². The third-order valence-electron chi connectivity index (χ3n) is 4.63. The summed E-state index contributed by atoms with van der Waals surface area (Å²) in [6.07, 6.45) is 4.36. The number of piperazine rings is 1. The molecule has 27 heavy (non-hydrogen) atoms. The molecule has 1 amide bonds. The number of amides is 1. The minimum atomic E-state index is -0.0873. The van der Waals surface area contributed by atoms with E-state index in [4.69, 9.17) is 11.6 Å². The molecule has 2 aromatic carbocycles. The standard InChI is InChI=1S/C22H25ClN2OS/c1-18(27-21-11-9-20(23)10-12-21)22(26)25-16-14-24(15-17-25)13-5-8-19-6-3-2-4-7-19/h2-12,18H,13-17H2,1H3/b8-5+/t18-/m0/s1. The summed E-state index contributed by atoms with van der Waals surface area (Å²) in [5.41, 5.74) is 1.22. The second-order valence-corrected chi connectivity index (χ2v) is 8.50. The molecule has 1 aliphatic rings. The zero-order valence-corrected chi connectivity index (χ0v) is 17.1. The summed E-state index contributed by atoms with van der Waals surface area (Å²) < 4.78 is 0. The van der Waals surface area contributed by atoms with Crippen molar-refractivity contribution < 1.29 is 4.79 Å². The molecule has 3 rings (SSSR count). The normalized spacial score (nSPS) is 16.6. The van der Waals surface area contributed by atoms with Gasteiger partial charge in [0.05, 0.1) is 5.25 Å². The molecule has 1 saturated heterocycles. The fourth-order valence-corrected chi connectivity index (χ4v) is 4.15. The Hall–Kier alpha value is -1.75. The first-order valence-corrected chi connectivity index (χ1v) is 10.5. The highest BCUT2D eigenvalue weighted by Crippen LogP contribution is 2.26. The van der Waals surface area contributed by atoms with E-state index < -0.39 is 0 Å². The first-order chi connectivity index (χ1) is 13.1. The Morgan fingerprint density at radius 3 is 2.41 bits per heavy atom. The number of hydrogen-bond acceptors (Lipinski definition) is 3. The number of carbonyl (C=O) groups excluding carboxylic acids is 1. The SMILES string of the molecule is C[C@H](Sc1ccc(Cl)cc1)C(=O)N1CCN(C/C=C/c2ccccc2)CC1. The Morgan fingerprint density at radius 1 is 1.07 bits per heavy atom. The van der Waals surface area contributed by atoms with Gasteiger partial charge in [-0.25, -0.2) is 0 Å². The van der Waals surface area contributed by atoms with Gasteiger partial charge >= 0.3 is 0 Å². The number of nitrogens with zero attached hydrogens (tertiary/aromatic N) is 2. The molecular weight excluding hydrogens is 376 g/mol. The molecular formula is C22H25ClN2OS. The van der Waals surface area contributed by atoms with E-state index >= 15 is 0 Å². The number of benzene rings is 2. The molecule has 1 heterocycles. The zero-order valence-electron chi connectivity index (χ0n) is 15.6. The molecule has 0 bridgehead atoms. The molecule has 142 valence electrons. The lowest BCUT2D eigenvalue weighted by molar-refractivity contribution is -0.131. The van der Waals surface area contributed by atoms with Gasteiger partial charge in [0.1, 0.15) is 0 Å². The van der Waals surface area contributed by atoms with Crippen molar-refractivity contribution in [2.75, 3.05) is 32.7 Å². The van der Waals surface area contributed by atoms with Crippen molar-refractivity contribution >= 4 is 35.3 Å².